The van der Waals surface area contributed by atoms with E-state index in [1.165, 1.54) is 0 Å². The molecule has 0 radical (unpaired) electrons. The van der Waals surface area contributed by atoms with Gasteiger partial charge in [0.25, 0.3) is 0 Å². The van der Waals surface area contributed by atoms with Crippen molar-refractivity contribution in [2.24, 2.45) is 0 Å². The minimum atomic E-state index is -0.238. The number of amides is 2. The number of hydrogen-bond donors (Lipinski definition) is 2. The number of hydrogen-bond acceptors (Lipinski definition) is 4. The van der Waals surface area contributed by atoms with Gasteiger partial charge in [-0.25, -0.2) is 4.79 Å². The van der Waals surface area contributed by atoms with Gasteiger partial charge in [-0.3, -0.25) is 0 Å². The van der Waals surface area contributed by atoms with Crippen molar-refractivity contribution in [2.75, 3.05) is 19.8 Å². The normalized spacial score (nSPS) is 13.4. The van der Waals surface area contributed by atoms with Crippen LogP contribution in [0.5, 0.6) is 11.5 Å². The fourth-order valence-electron chi connectivity index (χ4n) is 2.51. The van der Waals surface area contributed by atoms with Crippen LogP contribution >= 0.6 is 0 Å². The Hall–Kier alpha value is -2.63. The molecule has 1 aromatic heterocycles. The Morgan fingerprint density at radius 2 is 1.92 bits per heavy atom. The van der Waals surface area contributed by atoms with Crippen molar-refractivity contribution in [3.8, 4) is 11.5 Å². The molecule has 2 heterocycles. The summed E-state index contributed by atoms with van der Waals surface area (Å²) in [6, 6.07) is 9.30. The summed E-state index contributed by atoms with van der Waals surface area (Å²) in [6.07, 6.45) is 1.58. The van der Waals surface area contributed by atoms with Crippen LogP contribution in [0.3, 0.4) is 0 Å². The van der Waals surface area contributed by atoms with E-state index in [4.69, 9.17) is 13.9 Å². The first-order valence-corrected chi connectivity index (χ1v) is 7.99. The predicted octanol–water partition coefficient (Wildman–Crippen LogP) is 2.83. The number of ether oxygens (including phenoxy) is 2. The minimum absolute atomic E-state index is 0.225. The first kappa shape index (κ1) is 16.2. The lowest BCUT2D eigenvalue weighted by Crippen LogP contribution is -2.42. The lowest BCUT2D eigenvalue weighted by molar-refractivity contribution is 0.171. The summed E-state index contributed by atoms with van der Waals surface area (Å²) in [5.74, 6) is 2.25. The molecule has 3 rings (SSSR count). The Morgan fingerprint density at radius 3 is 2.67 bits per heavy atom. The quantitative estimate of drug-likeness (QED) is 0.884. The molecule has 1 aromatic carbocycles. The van der Waals surface area contributed by atoms with Crippen LogP contribution < -0.4 is 20.1 Å². The number of rotatable bonds is 5. The molecule has 0 atom stereocenters. The molecule has 2 aromatic rings. The topological polar surface area (TPSA) is 72.7 Å². The average Bonchev–Trinajstić information content (AvgIpc) is 3.11. The average molecular weight is 330 g/mol. The van der Waals surface area contributed by atoms with Crippen LogP contribution in [0.1, 0.15) is 25.2 Å². The lowest BCUT2D eigenvalue weighted by Gasteiger charge is -2.27. The fraction of sp³-hybridized carbons (Fsp3) is 0.389. The van der Waals surface area contributed by atoms with Crippen LogP contribution in [0.25, 0.3) is 0 Å². The Balaban J connectivity index is 1.56. The standard InChI is InChI=1S/C18H22N2O4/c1-18(2,12-20-17(21)19-11-14-4-3-7-22-14)13-5-6-15-16(10-13)24-9-8-23-15/h3-7,10H,8-9,11-12H2,1-2H3,(H2,19,20,21). The van der Waals surface area contributed by atoms with Crippen LogP contribution in [-0.2, 0) is 12.0 Å². The highest BCUT2D eigenvalue weighted by atomic mass is 16.6. The number of carbonyl (C=O) groups excluding carboxylic acids is 1. The van der Waals surface area contributed by atoms with Gasteiger partial charge in [0.15, 0.2) is 11.5 Å². The van der Waals surface area contributed by atoms with Gasteiger partial charge < -0.3 is 24.5 Å². The van der Waals surface area contributed by atoms with E-state index in [-0.39, 0.29) is 11.4 Å². The highest BCUT2D eigenvalue weighted by Crippen LogP contribution is 2.34. The van der Waals surface area contributed by atoms with Crippen molar-refractivity contribution < 1.29 is 18.7 Å². The first-order chi connectivity index (χ1) is 11.5. The maximum absolute atomic E-state index is 11.9. The van der Waals surface area contributed by atoms with E-state index in [0.29, 0.717) is 26.3 Å². The molecular formula is C18H22N2O4. The molecular weight excluding hydrogens is 308 g/mol. The molecule has 6 heteroatoms. The molecule has 0 bridgehead atoms. The van der Waals surface area contributed by atoms with Gasteiger partial charge in [-0.05, 0) is 29.8 Å². The molecule has 0 unspecified atom stereocenters. The van der Waals surface area contributed by atoms with Crippen molar-refractivity contribution in [3.05, 3.63) is 47.9 Å². The zero-order chi connectivity index (χ0) is 17.0. The number of carbonyl (C=O) groups is 1. The Morgan fingerprint density at radius 1 is 1.12 bits per heavy atom. The molecule has 6 nitrogen and oxygen atoms in total. The van der Waals surface area contributed by atoms with Gasteiger partial charge in [0.1, 0.15) is 19.0 Å². The summed E-state index contributed by atoms with van der Waals surface area (Å²) in [5, 5.41) is 5.67. The fourth-order valence-corrected chi connectivity index (χ4v) is 2.51. The molecule has 2 N–H and O–H groups in total. The van der Waals surface area contributed by atoms with Gasteiger partial charge in [0.05, 0.1) is 12.8 Å². The SMILES string of the molecule is CC(C)(CNC(=O)NCc1ccco1)c1ccc2c(c1)OCCO2. The summed E-state index contributed by atoms with van der Waals surface area (Å²) in [7, 11) is 0. The minimum Gasteiger partial charge on any atom is -0.486 e. The molecule has 0 saturated carbocycles. The number of furan rings is 1. The zero-order valence-electron chi connectivity index (χ0n) is 13.9. The van der Waals surface area contributed by atoms with Crippen molar-refractivity contribution in [1.82, 2.24) is 10.6 Å². The number of nitrogens with one attached hydrogen (secondary N) is 2. The molecule has 2 amide bonds. The molecule has 24 heavy (non-hydrogen) atoms. The van der Waals surface area contributed by atoms with E-state index in [0.717, 1.165) is 22.8 Å². The molecule has 1 aliphatic rings. The first-order valence-electron chi connectivity index (χ1n) is 7.99. The van der Waals surface area contributed by atoms with E-state index in [2.05, 4.69) is 24.5 Å². The molecule has 128 valence electrons. The van der Waals surface area contributed by atoms with Crippen LogP contribution in [0.4, 0.5) is 4.79 Å². The smallest absolute Gasteiger partial charge is 0.315 e. The number of fused-ring (bicyclic) bond motifs is 1. The van der Waals surface area contributed by atoms with Crippen molar-refractivity contribution in [2.45, 2.75) is 25.8 Å². The maximum Gasteiger partial charge on any atom is 0.315 e. The molecule has 1 aliphatic heterocycles. The Kier molecular flexibility index (Phi) is 4.64. The number of urea groups is 1. The summed E-state index contributed by atoms with van der Waals surface area (Å²) in [4.78, 5) is 11.9. The predicted molar refractivity (Wildman–Crippen MR) is 89.4 cm³/mol. The molecule has 0 aliphatic carbocycles. The van der Waals surface area contributed by atoms with Crippen LogP contribution in [0, 0.1) is 0 Å². The van der Waals surface area contributed by atoms with E-state index < -0.39 is 0 Å². The Labute approximate surface area is 141 Å². The van der Waals surface area contributed by atoms with Gasteiger partial charge in [0, 0.05) is 12.0 Å². The van der Waals surface area contributed by atoms with E-state index in [1.807, 2.05) is 24.3 Å². The summed E-state index contributed by atoms with van der Waals surface area (Å²) >= 11 is 0. The Bertz CT molecular complexity index is 695. The lowest BCUT2D eigenvalue weighted by atomic mass is 9.84. The van der Waals surface area contributed by atoms with E-state index >= 15 is 0 Å². The molecule has 0 saturated heterocycles. The highest BCUT2D eigenvalue weighted by molar-refractivity contribution is 5.73. The van der Waals surface area contributed by atoms with Gasteiger partial charge in [0.2, 0.25) is 0 Å². The zero-order valence-corrected chi connectivity index (χ0v) is 13.9. The summed E-state index contributed by atoms with van der Waals surface area (Å²) in [6.45, 7) is 6.15. The second kappa shape index (κ2) is 6.86. The number of benzene rings is 1. The van der Waals surface area contributed by atoms with Gasteiger partial charge in [-0.2, -0.15) is 0 Å². The van der Waals surface area contributed by atoms with Crippen LogP contribution in [-0.4, -0.2) is 25.8 Å². The van der Waals surface area contributed by atoms with Gasteiger partial charge >= 0.3 is 6.03 Å². The molecule has 0 fully saturated rings. The van der Waals surface area contributed by atoms with Gasteiger partial charge in [-0.15, -0.1) is 0 Å². The van der Waals surface area contributed by atoms with Crippen molar-refractivity contribution in [1.29, 1.82) is 0 Å². The third kappa shape index (κ3) is 3.82. The third-order valence-electron chi connectivity index (χ3n) is 4.02. The van der Waals surface area contributed by atoms with Crippen LogP contribution in [0.2, 0.25) is 0 Å². The van der Waals surface area contributed by atoms with Crippen LogP contribution in [0.15, 0.2) is 41.0 Å². The van der Waals surface area contributed by atoms with E-state index in [9.17, 15) is 4.79 Å². The molecule has 0 spiro atoms. The third-order valence-corrected chi connectivity index (χ3v) is 4.02. The summed E-state index contributed by atoms with van der Waals surface area (Å²) in [5.41, 5.74) is 0.843. The van der Waals surface area contributed by atoms with Crippen molar-refractivity contribution >= 4 is 6.03 Å². The largest absolute Gasteiger partial charge is 0.486 e. The van der Waals surface area contributed by atoms with E-state index in [1.54, 1.807) is 12.3 Å². The van der Waals surface area contributed by atoms with Gasteiger partial charge in [-0.1, -0.05) is 19.9 Å². The second-order valence-corrected chi connectivity index (χ2v) is 6.36. The maximum atomic E-state index is 11.9. The summed E-state index contributed by atoms with van der Waals surface area (Å²) < 4.78 is 16.4. The highest BCUT2D eigenvalue weighted by Gasteiger charge is 2.24. The second-order valence-electron chi connectivity index (χ2n) is 6.36. The van der Waals surface area contributed by atoms with Crippen molar-refractivity contribution in [3.63, 3.8) is 0 Å². The monoisotopic (exact) mass is 330 g/mol.